The number of carbonyl (C=O) groups excluding carboxylic acids is 1. The summed E-state index contributed by atoms with van der Waals surface area (Å²) in [4.78, 5) is 13.7. The van der Waals surface area contributed by atoms with E-state index in [9.17, 15) is 9.18 Å². The molecule has 1 rings (SSSR count). The Morgan fingerprint density at radius 3 is 2.76 bits per heavy atom. The van der Waals surface area contributed by atoms with Crippen LogP contribution in [0.3, 0.4) is 0 Å². The molecule has 0 spiro atoms. The molecule has 2 N–H and O–H groups in total. The van der Waals surface area contributed by atoms with Gasteiger partial charge in [0.1, 0.15) is 5.82 Å². The van der Waals surface area contributed by atoms with Crippen LogP contribution in [-0.2, 0) is 0 Å². The van der Waals surface area contributed by atoms with E-state index in [1.54, 1.807) is 6.92 Å². The number of halogens is 2. The van der Waals surface area contributed by atoms with Gasteiger partial charge in [0.15, 0.2) is 0 Å². The number of nitrogens with two attached hydrogens (primary N) is 1. The molecule has 1 aromatic carbocycles. The molecule has 92 valence electrons. The summed E-state index contributed by atoms with van der Waals surface area (Å²) in [5.41, 5.74) is 5.50. The van der Waals surface area contributed by atoms with E-state index in [2.05, 4.69) is 0 Å². The van der Waals surface area contributed by atoms with Gasteiger partial charge in [0.25, 0.3) is 5.91 Å². The Morgan fingerprint density at radius 1 is 1.59 bits per heavy atom. The molecule has 0 saturated heterocycles. The van der Waals surface area contributed by atoms with Gasteiger partial charge in [-0.25, -0.2) is 4.39 Å². The lowest BCUT2D eigenvalue weighted by Crippen LogP contribution is -2.37. The van der Waals surface area contributed by atoms with Gasteiger partial charge in [-0.1, -0.05) is 29.9 Å². The Bertz CT molecular complexity index is 453. The minimum Gasteiger partial charge on any atom is -0.392 e. The highest BCUT2D eigenvalue weighted by atomic mass is 35.5. The number of amides is 1. The molecule has 1 amide bonds. The molecule has 0 aliphatic carbocycles. The second kappa shape index (κ2) is 5.93. The average molecular weight is 275 g/mol. The summed E-state index contributed by atoms with van der Waals surface area (Å²) in [5, 5.41) is -0.182. The van der Waals surface area contributed by atoms with Crippen LogP contribution < -0.4 is 5.73 Å². The van der Waals surface area contributed by atoms with Crippen LogP contribution in [0.2, 0.25) is 5.02 Å². The van der Waals surface area contributed by atoms with Crippen LogP contribution in [0, 0.1) is 5.82 Å². The van der Waals surface area contributed by atoms with Crippen molar-refractivity contribution < 1.29 is 9.18 Å². The van der Waals surface area contributed by atoms with Crippen LogP contribution in [0.4, 0.5) is 4.39 Å². The molecule has 0 heterocycles. The average Bonchev–Trinajstić information content (AvgIpc) is 2.28. The minimum atomic E-state index is -0.621. The van der Waals surface area contributed by atoms with E-state index < -0.39 is 5.82 Å². The van der Waals surface area contributed by atoms with Crippen molar-refractivity contribution in [1.29, 1.82) is 0 Å². The molecule has 1 aromatic rings. The molecule has 0 unspecified atom stereocenters. The van der Waals surface area contributed by atoms with Crippen LogP contribution in [0.1, 0.15) is 17.3 Å². The zero-order valence-electron chi connectivity index (χ0n) is 9.24. The maximum atomic E-state index is 13.2. The molecule has 0 aliphatic heterocycles. The molecule has 0 bridgehead atoms. The van der Waals surface area contributed by atoms with E-state index in [1.807, 2.05) is 0 Å². The third kappa shape index (κ3) is 3.38. The van der Waals surface area contributed by atoms with Crippen molar-refractivity contribution in [2.75, 3.05) is 13.1 Å². The fraction of sp³-hybridized carbons (Fsp3) is 0.273. The molecule has 6 heteroatoms. The molecule has 0 saturated carbocycles. The number of nitrogens with zero attached hydrogens (tertiary/aromatic N) is 1. The van der Waals surface area contributed by atoms with Gasteiger partial charge in [0.05, 0.1) is 22.1 Å². The van der Waals surface area contributed by atoms with Gasteiger partial charge in [-0.2, -0.15) is 0 Å². The van der Waals surface area contributed by atoms with Gasteiger partial charge >= 0.3 is 0 Å². The third-order valence-corrected chi connectivity index (χ3v) is 2.71. The summed E-state index contributed by atoms with van der Waals surface area (Å²) in [5.74, 6) is -1.01. The van der Waals surface area contributed by atoms with Crippen molar-refractivity contribution in [3.63, 3.8) is 0 Å². The summed E-state index contributed by atoms with van der Waals surface area (Å²) in [7, 11) is 0. The minimum absolute atomic E-state index is 0.116. The Hall–Kier alpha value is -1.20. The molecule has 0 fully saturated rings. The molecule has 0 aliphatic rings. The number of benzene rings is 1. The largest absolute Gasteiger partial charge is 0.392 e. The number of hydrogen-bond acceptors (Lipinski definition) is 2. The number of rotatable bonds is 4. The van der Waals surface area contributed by atoms with E-state index in [1.165, 1.54) is 23.1 Å². The fourth-order valence-corrected chi connectivity index (χ4v) is 1.72. The van der Waals surface area contributed by atoms with Crippen molar-refractivity contribution >= 4 is 34.7 Å². The fourth-order valence-electron chi connectivity index (χ4n) is 1.35. The van der Waals surface area contributed by atoms with Gasteiger partial charge in [-0.05, 0) is 19.1 Å². The SMILES string of the molecule is CCN(CC(N)=S)C(=O)c1cccc(F)c1Cl. The third-order valence-electron chi connectivity index (χ3n) is 2.20. The summed E-state index contributed by atoms with van der Waals surface area (Å²) in [6.45, 7) is 2.35. The van der Waals surface area contributed by atoms with Crippen LogP contribution in [0.5, 0.6) is 0 Å². The first kappa shape index (κ1) is 13.9. The van der Waals surface area contributed by atoms with Crippen molar-refractivity contribution in [3.8, 4) is 0 Å². The summed E-state index contributed by atoms with van der Waals surface area (Å²) in [6, 6.07) is 4.10. The zero-order chi connectivity index (χ0) is 13.0. The number of carbonyl (C=O) groups is 1. The molecule has 3 nitrogen and oxygen atoms in total. The zero-order valence-corrected chi connectivity index (χ0v) is 10.8. The van der Waals surface area contributed by atoms with E-state index in [0.717, 1.165) is 0 Å². The molecule has 17 heavy (non-hydrogen) atoms. The summed E-state index contributed by atoms with van der Waals surface area (Å²) in [6.07, 6.45) is 0. The second-order valence-corrected chi connectivity index (χ2v) is 4.29. The van der Waals surface area contributed by atoms with Crippen molar-refractivity contribution in [3.05, 3.63) is 34.6 Å². The van der Waals surface area contributed by atoms with Gasteiger partial charge in [-0.3, -0.25) is 4.79 Å². The first-order chi connectivity index (χ1) is 7.97. The van der Waals surface area contributed by atoms with E-state index in [4.69, 9.17) is 29.6 Å². The maximum absolute atomic E-state index is 13.2. The van der Waals surface area contributed by atoms with E-state index in [0.29, 0.717) is 6.54 Å². The monoisotopic (exact) mass is 274 g/mol. The lowest BCUT2D eigenvalue weighted by molar-refractivity contribution is 0.0787. The highest BCUT2D eigenvalue weighted by Gasteiger charge is 2.19. The first-order valence-corrected chi connectivity index (χ1v) is 5.77. The van der Waals surface area contributed by atoms with Gasteiger partial charge in [0, 0.05) is 6.54 Å². The van der Waals surface area contributed by atoms with Gasteiger partial charge < -0.3 is 10.6 Å². The van der Waals surface area contributed by atoms with Gasteiger partial charge in [0.2, 0.25) is 0 Å². The predicted octanol–water partition coefficient (Wildman–Crippen LogP) is 2.23. The van der Waals surface area contributed by atoms with Crippen LogP contribution in [0.25, 0.3) is 0 Å². The quantitative estimate of drug-likeness (QED) is 0.857. The van der Waals surface area contributed by atoms with Crippen LogP contribution >= 0.6 is 23.8 Å². The standard InChI is InChI=1S/C11H12ClFN2OS/c1-2-15(6-9(14)17)11(16)7-4-3-5-8(13)10(7)12/h3-5H,2,6H2,1H3,(H2,14,17). The van der Waals surface area contributed by atoms with Crippen molar-refractivity contribution in [2.24, 2.45) is 5.73 Å². The molecule has 0 aromatic heterocycles. The van der Waals surface area contributed by atoms with Crippen LogP contribution in [0.15, 0.2) is 18.2 Å². The van der Waals surface area contributed by atoms with Crippen molar-refractivity contribution in [1.82, 2.24) is 4.90 Å². The normalized spacial score (nSPS) is 10.1. The number of likely N-dealkylation sites (N-methyl/N-ethyl adjacent to an activating group) is 1. The smallest absolute Gasteiger partial charge is 0.255 e. The summed E-state index contributed by atoms with van der Waals surface area (Å²) >= 11 is 10.5. The van der Waals surface area contributed by atoms with Crippen molar-refractivity contribution in [2.45, 2.75) is 6.92 Å². The predicted molar refractivity (Wildman–Crippen MR) is 69.8 cm³/mol. The van der Waals surface area contributed by atoms with Crippen LogP contribution in [-0.4, -0.2) is 28.9 Å². The second-order valence-electron chi connectivity index (χ2n) is 3.39. The van der Waals surface area contributed by atoms with E-state index >= 15 is 0 Å². The number of hydrogen-bond donors (Lipinski definition) is 1. The Morgan fingerprint density at radius 2 is 2.24 bits per heavy atom. The maximum Gasteiger partial charge on any atom is 0.255 e. The Balaban J connectivity index is 3.02. The molecule has 0 atom stereocenters. The van der Waals surface area contributed by atoms with E-state index in [-0.39, 0.29) is 28.0 Å². The Labute approximate surface area is 109 Å². The first-order valence-electron chi connectivity index (χ1n) is 4.99. The summed E-state index contributed by atoms with van der Waals surface area (Å²) < 4.78 is 13.2. The molecular formula is C11H12ClFN2OS. The Kier molecular flexibility index (Phi) is 4.84. The topological polar surface area (TPSA) is 46.3 Å². The number of thiocarbonyl (C=S) groups is 1. The highest BCUT2D eigenvalue weighted by Crippen LogP contribution is 2.21. The highest BCUT2D eigenvalue weighted by molar-refractivity contribution is 7.80. The van der Waals surface area contributed by atoms with Gasteiger partial charge in [-0.15, -0.1) is 0 Å². The lowest BCUT2D eigenvalue weighted by atomic mass is 10.2. The lowest BCUT2D eigenvalue weighted by Gasteiger charge is -2.20. The molecular weight excluding hydrogens is 263 g/mol. The molecule has 0 radical (unpaired) electrons.